The first-order valence-electron chi connectivity index (χ1n) is 7.59. The molecule has 0 aliphatic heterocycles. The summed E-state index contributed by atoms with van der Waals surface area (Å²) < 4.78 is 6.31. The Morgan fingerprint density at radius 1 is 1.21 bits per heavy atom. The van der Waals surface area contributed by atoms with Gasteiger partial charge in [0.15, 0.2) is 0 Å². The first kappa shape index (κ1) is 14.4. The van der Waals surface area contributed by atoms with E-state index in [1.807, 2.05) is 0 Å². The van der Waals surface area contributed by atoms with Crippen LogP contribution >= 0.6 is 0 Å². The number of rotatable bonds is 5. The third-order valence-corrected chi connectivity index (χ3v) is 4.15. The molecule has 0 heterocycles. The number of nitrogens with one attached hydrogen (secondary N) is 1. The van der Waals surface area contributed by atoms with Crippen LogP contribution in [0.2, 0.25) is 0 Å². The van der Waals surface area contributed by atoms with Crippen LogP contribution in [-0.4, -0.2) is 18.7 Å². The second-order valence-electron chi connectivity index (χ2n) is 5.85. The molecule has 1 aliphatic carbocycles. The number of hydrogen-bond donors (Lipinski definition) is 1. The van der Waals surface area contributed by atoms with Crippen molar-refractivity contribution in [1.82, 2.24) is 5.32 Å². The lowest BCUT2D eigenvalue weighted by Crippen LogP contribution is -2.39. The second-order valence-corrected chi connectivity index (χ2v) is 5.85. The van der Waals surface area contributed by atoms with Crippen LogP contribution in [0.15, 0.2) is 12.1 Å². The van der Waals surface area contributed by atoms with Gasteiger partial charge in [-0.25, -0.2) is 0 Å². The zero-order chi connectivity index (χ0) is 13.8. The largest absolute Gasteiger partial charge is 0.489 e. The van der Waals surface area contributed by atoms with E-state index in [4.69, 9.17) is 4.74 Å². The van der Waals surface area contributed by atoms with Gasteiger partial charge >= 0.3 is 0 Å². The molecule has 0 amide bonds. The number of ether oxygens (including phenoxy) is 1. The van der Waals surface area contributed by atoms with Gasteiger partial charge in [-0.3, -0.25) is 0 Å². The maximum absolute atomic E-state index is 6.31. The number of hydrogen-bond acceptors (Lipinski definition) is 2. The van der Waals surface area contributed by atoms with E-state index < -0.39 is 0 Å². The standard InChI is InChI=1S/C17H27NO/c1-5-9-18-15-7-6-8-16(15)19-17-11-12(2)10-13(3)14(17)4/h10-11,15-16,18H,5-9H2,1-4H3. The predicted molar refractivity (Wildman–Crippen MR) is 81.0 cm³/mol. The smallest absolute Gasteiger partial charge is 0.123 e. The maximum Gasteiger partial charge on any atom is 0.123 e. The van der Waals surface area contributed by atoms with Gasteiger partial charge in [0.1, 0.15) is 11.9 Å². The molecule has 106 valence electrons. The third kappa shape index (κ3) is 3.50. The van der Waals surface area contributed by atoms with Gasteiger partial charge in [-0.15, -0.1) is 0 Å². The molecule has 1 N–H and O–H groups in total. The Hall–Kier alpha value is -1.02. The van der Waals surface area contributed by atoms with Crippen molar-refractivity contribution in [1.29, 1.82) is 0 Å². The molecule has 0 spiro atoms. The molecule has 0 radical (unpaired) electrons. The molecule has 1 aliphatic rings. The highest BCUT2D eigenvalue weighted by Gasteiger charge is 2.28. The minimum Gasteiger partial charge on any atom is -0.489 e. The quantitative estimate of drug-likeness (QED) is 0.867. The molecule has 1 fully saturated rings. The predicted octanol–water partition coefficient (Wildman–Crippen LogP) is 3.91. The average molecular weight is 261 g/mol. The lowest BCUT2D eigenvalue weighted by Gasteiger charge is -2.24. The van der Waals surface area contributed by atoms with Gasteiger partial charge in [-0.05, 0) is 75.8 Å². The Labute approximate surface area is 117 Å². The molecule has 0 aromatic heterocycles. The van der Waals surface area contributed by atoms with E-state index in [1.165, 1.54) is 42.4 Å². The Morgan fingerprint density at radius 3 is 2.74 bits per heavy atom. The minimum absolute atomic E-state index is 0.339. The van der Waals surface area contributed by atoms with Crippen molar-refractivity contribution in [2.75, 3.05) is 6.54 Å². The molecule has 19 heavy (non-hydrogen) atoms. The number of benzene rings is 1. The molecule has 1 aromatic rings. The van der Waals surface area contributed by atoms with Crippen LogP contribution in [0.4, 0.5) is 0 Å². The van der Waals surface area contributed by atoms with E-state index in [9.17, 15) is 0 Å². The molecular weight excluding hydrogens is 234 g/mol. The lowest BCUT2D eigenvalue weighted by atomic mass is 10.1. The van der Waals surface area contributed by atoms with Crippen molar-refractivity contribution in [3.8, 4) is 5.75 Å². The van der Waals surface area contributed by atoms with Gasteiger partial charge in [-0.2, -0.15) is 0 Å². The van der Waals surface area contributed by atoms with E-state index in [2.05, 4.69) is 45.1 Å². The Morgan fingerprint density at radius 2 is 2.00 bits per heavy atom. The Kier molecular flexibility index (Phi) is 4.87. The van der Waals surface area contributed by atoms with Gasteiger partial charge in [0.2, 0.25) is 0 Å². The van der Waals surface area contributed by atoms with Crippen molar-refractivity contribution in [3.63, 3.8) is 0 Å². The van der Waals surface area contributed by atoms with Crippen LogP contribution in [-0.2, 0) is 0 Å². The van der Waals surface area contributed by atoms with Crippen LogP contribution < -0.4 is 10.1 Å². The summed E-state index contributed by atoms with van der Waals surface area (Å²) >= 11 is 0. The maximum atomic E-state index is 6.31. The minimum atomic E-state index is 0.339. The summed E-state index contributed by atoms with van der Waals surface area (Å²) in [4.78, 5) is 0. The molecule has 0 saturated heterocycles. The van der Waals surface area contributed by atoms with Crippen molar-refractivity contribution < 1.29 is 4.74 Å². The molecule has 2 atom stereocenters. The van der Waals surface area contributed by atoms with Crippen LogP contribution in [0.25, 0.3) is 0 Å². The van der Waals surface area contributed by atoms with Crippen molar-refractivity contribution >= 4 is 0 Å². The van der Waals surface area contributed by atoms with Gasteiger partial charge in [0.05, 0.1) is 0 Å². The third-order valence-electron chi connectivity index (χ3n) is 4.15. The second kappa shape index (κ2) is 6.42. The van der Waals surface area contributed by atoms with Gasteiger partial charge in [-0.1, -0.05) is 13.0 Å². The fourth-order valence-electron chi connectivity index (χ4n) is 2.92. The molecule has 2 unspecified atom stereocenters. The summed E-state index contributed by atoms with van der Waals surface area (Å²) in [5.74, 6) is 1.08. The van der Waals surface area contributed by atoms with Gasteiger partial charge in [0, 0.05) is 6.04 Å². The summed E-state index contributed by atoms with van der Waals surface area (Å²) in [5, 5.41) is 3.63. The van der Waals surface area contributed by atoms with Crippen LogP contribution in [0.5, 0.6) is 5.75 Å². The molecule has 2 rings (SSSR count). The summed E-state index contributed by atoms with van der Waals surface area (Å²) in [6.45, 7) is 9.77. The van der Waals surface area contributed by atoms with Crippen molar-refractivity contribution in [2.24, 2.45) is 0 Å². The first-order valence-corrected chi connectivity index (χ1v) is 7.59. The monoisotopic (exact) mass is 261 g/mol. The fourth-order valence-corrected chi connectivity index (χ4v) is 2.92. The van der Waals surface area contributed by atoms with Crippen molar-refractivity contribution in [2.45, 2.75) is 65.5 Å². The Bertz CT molecular complexity index is 428. The highest BCUT2D eigenvalue weighted by atomic mass is 16.5. The van der Waals surface area contributed by atoms with E-state index in [0.29, 0.717) is 12.1 Å². The molecule has 1 saturated carbocycles. The zero-order valence-electron chi connectivity index (χ0n) is 12.8. The molecular formula is C17H27NO. The van der Waals surface area contributed by atoms with Crippen LogP contribution in [0.1, 0.15) is 49.3 Å². The van der Waals surface area contributed by atoms with Crippen LogP contribution in [0, 0.1) is 20.8 Å². The van der Waals surface area contributed by atoms with E-state index >= 15 is 0 Å². The normalized spacial score (nSPS) is 22.7. The average Bonchev–Trinajstić information content (AvgIpc) is 2.80. The lowest BCUT2D eigenvalue weighted by molar-refractivity contribution is 0.173. The van der Waals surface area contributed by atoms with E-state index in [0.717, 1.165) is 12.3 Å². The summed E-state index contributed by atoms with van der Waals surface area (Å²) in [6.07, 6.45) is 5.22. The molecule has 0 bridgehead atoms. The highest BCUT2D eigenvalue weighted by Crippen LogP contribution is 2.29. The summed E-state index contributed by atoms with van der Waals surface area (Å²) in [7, 11) is 0. The summed E-state index contributed by atoms with van der Waals surface area (Å²) in [6, 6.07) is 4.93. The van der Waals surface area contributed by atoms with Crippen LogP contribution in [0.3, 0.4) is 0 Å². The van der Waals surface area contributed by atoms with E-state index in [1.54, 1.807) is 0 Å². The Balaban J connectivity index is 2.07. The zero-order valence-corrected chi connectivity index (χ0v) is 12.8. The van der Waals surface area contributed by atoms with Gasteiger partial charge in [0.25, 0.3) is 0 Å². The molecule has 1 aromatic carbocycles. The van der Waals surface area contributed by atoms with Gasteiger partial charge < -0.3 is 10.1 Å². The first-order chi connectivity index (χ1) is 9.11. The molecule has 2 nitrogen and oxygen atoms in total. The topological polar surface area (TPSA) is 21.3 Å². The van der Waals surface area contributed by atoms with Crippen molar-refractivity contribution in [3.05, 3.63) is 28.8 Å². The number of aryl methyl sites for hydroxylation is 2. The molecule has 2 heteroatoms. The highest BCUT2D eigenvalue weighted by molar-refractivity contribution is 5.42. The SMILES string of the molecule is CCCNC1CCCC1Oc1cc(C)cc(C)c1C. The van der Waals surface area contributed by atoms with E-state index in [-0.39, 0.29) is 0 Å². The fraction of sp³-hybridized carbons (Fsp3) is 0.647. The summed E-state index contributed by atoms with van der Waals surface area (Å²) in [5.41, 5.74) is 3.90.